The minimum atomic E-state index is -4.36. The molecule has 0 spiro atoms. The van der Waals surface area contributed by atoms with E-state index in [1.54, 1.807) is 13.1 Å². The third-order valence-corrected chi connectivity index (χ3v) is 5.50. The van der Waals surface area contributed by atoms with Gasteiger partial charge in [-0.3, -0.25) is 10.1 Å². The molecule has 0 aliphatic heterocycles. The molecule has 0 fully saturated rings. The van der Waals surface area contributed by atoms with Crippen LogP contribution in [0, 0.1) is 0 Å². The number of benzene rings is 3. The Morgan fingerprint density at radius 2 is 1.59 bits per heavy atom. The molecule has 2 atom stereocenters. The number of halogens is 4. The van der Waals surface area contributed by atoms with E-state index < -0.39 is 17.8 Å². The predicted molar refractivity (Wildman–Crippen MR) is 120 cm³/mol. The SMILES string of the molecule is CNC(=O)C(N[C@@H](CCc1ccc(C(F)(F)F)cc1)c1cccc(Cl)c1)c1ccccc1. The maximum Gasteiger partial charge on any atom is 0.416 e. The number of carbonyl (C=O) groups excluding carboxylic acids is 1. The average Bonchev–Trinajstić information content (AvgIpc) is 2.79. The van der Waals surface area contributed by atoms with E-state index in [2.05, 4.69) is 10.6 Å². The van der Waals surface area contributed by atoms with E-state index in [9.17, 15) is 18.0 Å². The van der Waals surface area contributed by atoms with Crippen molar-refractivity contribution in [3.05, 3.63) is 106 Å². The minimum absolute atomic E-state index is 0.183. The summed E-state index contributed by atoms with van der Waals surface area (Å²) in [4.78, 5) is 12.6. The summed E-state index contributed by atoms with van der Waals surface area (Å²) in [6, 6.07) is 21.0. The molecule has 3 aromatic rings. The van der Waals surface area contributed by atoms with E-state index in [-0.39, 0.29) is 11.9 Å². The number of aryl methyl sites for hydroxylation is 1. The summed E-state index contributed by atoms with van der Waals surface area (Å²) >= 11 is 6.20. The lowest BCUT2D eigenvalue weighted by atomic mass is 9.96. The van der Waals surface area contributed by atoms with E-state index in [1.807, 2.05) is 48.5 Å². The van der Waals surface area contributed by atoms with Crippen molar-refractivity contribution in [1.82, 2.24) is 10.6 Å². The molecule has 0 saturated carbocycles. The van der Waals surface area contributed by atoms with Crippen LogP contribution in [0.4, 0.5) is 13.2 Å². The summed E-state index contributed by atoms with van der Waals surface area (Å²) in [6.45, 7) is 0. The van der Waals surface area contributed by atoms with Gasteiger partial charge in [-0.2, -0.15) is 13.2 Å². The molecule has 0 aliphatic carbocycles. The molecule has 32 heavy (non-hydrogen) atoms. The maximum absolute atomic E-state index is 12.8. The van der Waals surface area contributed by atoms with Crippen molar-refractivity contribution in [2.24, 2.45) is 0 Å². The van der Waals surface area contributed by atoms with Crippen LogP contribution in [0.1, 0.15) is 40.8 Å². The first-order valence-corrected chi connectivity index (χ1v) is 10.6. The van der Waals surface area contributed by atoms with Crippen LogP contribution in [-0.4, -0.2) is 13.0 Å². The molecule has 0 saturated heterocycles. The largest absolute Gasteiger partial charge is 0.416 e. The fourth-order valence-electron chi connectivity index (χ4n) is 3.56. The number of hydrogen-bond donors (Lipinski definition) is 2. The molecular weight excluding hydrogens is 437 g/mol. The Labute approximate surface area is 190 Å². The first-order valence-electron chi connectivity index (χ1n) is 10.2. The standard InChI is InChI=1S/C25H24ClF3N2O/c1-30-24(32)23(18-6-3-2-4-7-18)31-22(19-8-5-9-21(26)16-19)15-12-17-10-13-20(14-11-17)25(27,28)29/h2-11,13-14,16,22-23,31H,12,15H2,1H3,(H,30,32)/t22-,23?/m0/s1. The molecular formula is C25H24ClF3N2O. The number of hydrogen-bond acceptors (Lipinski definition) is 2. The van der Waals surface area contributed by atoms with E-state index in [0.29, 0.717) is 17.9 Å². The van der Waals surface area contributed by atoms with E-state index in [0.717, 1.165) is 28.8 Å². The Morgan fingerprint density at radius 3 is 2.19 bits per heavy atom. The zero-order valence-electron chi connectivity index (χ0n) is 17.5. The number of amides is 1. The van der Waals surface area contributed by atoms with Gasteiger partial charge in [0, 0.05) is 18.1 Å². The Balaban J connectivity index is 1.84. The van der Waals surface area contributed by atoms with Crippen LogP contribution in [-0.2, 0) is 17.4 Å². The fraction of sp³-hybridized carbons (Fsp3) is 0.240. The molecule has 0 radical (unpaired) electrons. The van der Waals surface area contributed by atoms with Gasteiger partial charge in [-0.15, -0.1) is 0 Å². The average molecular weight is 461 g/mol. The van der Waals surface area contributed by atoms with Crippen LogP contribution in [0.5, 0.6) is 0 Å². The van der Waals surface area contributed by atoms with Crippen molar-refractivity contribution < 1.29 is 18.0 Å². The molecule has 168 valence electrons. The van der Waals surface area contributed by atoms with Crippen LogP contribution in [0.15, 0.2) is 78.9 Å². The molecule has 0 bridgehead atoms. The summed E-state index contributed by atoms with van der Waals surface area (Å²) in [5.41, 5.74) is 1.82. The van der Waals surface area contributed by atoms with Crippen LogP contribution in [0.3, 0.4) is 0 Å². The molecule has 3 aromatic carbocycles. The third-order valence-electron chi connectivity index (χ3n) is 5.26. The highest BCUT2D eigenvalue weighted by atomic mass is 35.5. The maximum atomic E-state index is 12.8. The highest BCUT2D eigenvalue weighted by molar-refractivity contribution is 6.30. The molecule has 7 heteroatoms. The van der Waals surface area contributed by atoms with Crippen molar-refractivity contribution in [3.63, 3.8) is 0 Å². The van der Waals surface area contributed by atoms with Crippen LogP contribution in [0.2, 0.25) is 5.02 Å². The molecule has 0 aliphatic rings. The number of nitrogens with one attached hydrogen (secondary N) is 2. The van der Waals surface area contributed by atoms with Gasteiger partial charge in [-0.25, -0.2) is 0 Å². The van der Waals surface area contributed by atoms with Crippen LogP contribution in [0.25, 0.3) is 0 Å². The highest BCUT2D eigenvalue weighted by Gasteiger charge is 2.30. The number of rotatable bonds is 8. The lowest BCUT2D eigenvalue weighted by molar-refractivity contribution is -0.137. The molecule has 3 nitrogen and oxygen atoms in total. The molecule has 0 aromatic heterocycles. The van der Waals surface area contributed by atoms with Crippen molar-refractivity contribution in [1.29, 1.82) is 0 Å². The minimum Gasteiger partial charge on any atom is -0.358 e. The third kappa shape index (κ3) is 6.34. The zero-order chi connectivity index (χ0) is 23.1. The van der Waals surface area contributed by atoms with Gasteiger partial charge >= 0.3 is 6.18 Å². The van der Waals surface area contributed by atoms with Gasteiger partial charge in [-0.1, -0.05) is 66.2 Å². The van der Waals surface area contributed by atoms with Crippen molar-refractivity contribution in [2.75, 3.05) is 7.05 Å². The Hall–Kier alpha value is -2.83. The summed E-state index contributed by atoms with van der Waals surface area (Å²) in [5.74, 6) is -0.183. The van der Waals surface area contributed by atoms with Crippen molar-refractivity contribution in [3.8, 4) is 0 Å². The summed E-state index contributed by atoms with van der Waals surface area (Å²) < 4.78 is 38.5. The van der Waals surface area contributed by atoms with Gasteiger partial charge in [0.05, 0.1) is 5.56 Å². The van der Waals surface area contributed by atoms with Crippen molar-refractivity contribution in [2.45, 2.75) is 31.1 Å². The normalized spacial score (nSPS) is 13.4. The number of likely N-dealkylation sites (N-methyl/N-ethyl adjacent to an activating group) is 1. The smallest absolute Gasteiger partial charge is 0.358 e. The van der Waals surface area contributed by atoms with Crippen LogP contribution >= 0.6 is 11.6 Å². The number of alkyl halides is 3. The lowest BCUT2D eigenvalue weighted by Gasteiger charge is -2.26. The second-order valence-corrected chi connectivity index (χ2v) is 7.90. The second kappa shape index (κ2) is 10.7. The molecule has 0 heterocycles. The lowest BCUT2D eigenvalue weighted by Crippen LogP contribution is -2.38. The topological polar surface area (TPSA) is 41.1 Å². The molecule has 1 unspecified atom stereocenters. The summed E-state index contributed by atoms with van der Waals surface area (Å²) in [6.07, 6.45) is -3.27. The monoisotopic (exact) mass is 460 g/mol. The predicted octanol–water partition coefficient (Wildman–Crippen LogP) is 6.11. The van der Waals surface area contributed by atoms with Crippen molar-refractivity contribution >= 4 is 17.5 Å². The summed E-state index contributed by atoms with van der Waals surface area (Å²) in [5, 5.41) is 6.68. The van der Waals surface area contributed by atoms with Crippen LogP contribution < -0.4 is 10.6 Å². The molecule has 2 N–H and O–H groups in total. The second-order valence-electron chi connectivity index (χ2n) is 7.47. The van der Waals surface area contributed by atoms with Gasteiger partial charge in [-0.05, 0) is 53.8 Å². The quantitative estimate of drug-likeness (QED) is 0.426. The summed E-state index contributed by atoms with van der Waals surface area (Å²) in [7, 11) is 1.58. The van der Waals surface area contributed by atoms with Gasteiger partial charge in [0.1, 0.15) is 6.04 Å². The van der Waals surface area contributed by atoms with Gasteiger partial charge in [0.25, 0.3) is 0 Å². The van der Waals surface area contributed by atoms with E-state index >= 15 is 0 Å². The zero-order valence-corrected chi connectivity index (χ0v) is 18.3. The fourth-order valence-corrected chi connectivity index (χ4v) is 3.75. The van der Waals surface area contributed by atoms with Gasteiger partial charge in [0.15, 0.2) is 0 Å². The van der Waals surface area contributed by atoms with Gasteiger partial charge < -0.3 is 5.32 Å². The molecule has 1 amide bonds. The Bertz CT molecular complexity index is 1020. The van der Waals surface area contributed by atoms with E-state index in [4.69, 9.17) is 11.6 Å². The first kappa shape index (κ1) is 23.8. The Morgan fingerprint density at radius 1 is 0.938 bits per heavy atom. The Kier molecular flexibility index (Phi) is 7.94. The highest BCUT2D eigenvalue weighted by Crippen LogP contribution is 2.30. The molecule has 3 rings (SSSR count). The van der Waals surface area contributed by atoms with E-state index in [1.165, 1.54) is 12.1 Å². The van der Waals surface area contributed by atoms with Gasteiger partial charge in [0.2, 0.25) is 5.91 Å². The number of carbonyl (C=O) groups is 1. The first-order chi connectivity index (χ1) is 15.3.